The highest BCUT2D eigenvalue weighted by Gasteiger charge is 2.27. The number of hydrogen-bond acceptors (Lipinski definition) is 7. The summed E-state index contributed by atoms with van der Waals surface area (Å²) in [6.45, 7) is 2.82. The lowest BCUT2D eigenvalue weighted by Gasteiger charge is -2.21. The van der Waals surface area contributed by atoms with Gasteiger partial charge in [0.25, 0.3) is 12.0 Å². The van der Waals surface area contributed by atoms with E-state index >= 15 is 0 Å². The summed E-state index contributed by atoms with van der Waals surface area (Å²) in [7, 11) is 3.37. The van der Waals surface area contributed by atoms with Gasteiger partial charge in [-0.1, -0.05) is 36.1 Å². The van der Waals surface area contributed by atoms with Crippen molar-refractivity contribution < 1.29 is 28.2 Å². The van der Waals surface area contributed by atoms with E-state index in [-0.39, 0.29) is 12.1 Å². The quantitative estimate of drug-likeness (QED) is 0.256. The Morgan fingerprint density at radius 3 is 2.10 bits per heavy atom. The van der Waals surface area contributed by atoms with Crippen LogP contribution in [0, 0.1) is 11.8 Å². The van der Waals surface area contributed by atoms with Gasteiger partial charge >= 0.3 is 0 Å². The molecule has 1 unspecified atom stereocenters. The molecule has 0 saturated carbocycles. The number of aromatic nitrogens is 2. The van der Waals surface area contributed by atoms with Gasteiger partial charge in [-0.05, 0) is 41.8 Å². The number of carbonyl (C=O) groups is 1. The fourth-order valence-electron chi connectivity index (χ4n) is 4.04. The first-order valence-corrected chi connectivity index (χ1v) is 13.0. The molecule has 0 aliphatic heterocycles. The van der Waals surface area contributed by atoms with Gasteiger partial charge in [-0.3, -0.25) is 14.5 Å². The van der Waals surface area contributed by atoms with Crippen molar-refractivity contribution in [1.29, 1.82) is 0 Å². The number of benzene rings is 2. The normalized spacial score (nSPS) is 11.8. The number of aromatic amines is 1. The maximum atomic E-state index is 12.7. The van der Waals surface area contributed by atoms with Crippen LogP contribution in [0.1, 0.15) is 33.9 Å². The van der Waals surface area contributed by atoms with E-state index < -0.39 is 36.1 Å². The van der Waals surface area contributed by atoms with Crippen LogP contribution in [0.3, 0.4) is 0 Å². The van der Waals surface area contributed by atoms with Gasteiger partial charge < -0.3 is 24.9 Å². The summed E-state index contributed by atoms with van der Waals surface area (Å²) in [6.07, 6.45) is -1.67. The topological polar surface area (TPSA) is 117 Å². The van der Waals surface area contributed by atoms with Gasteiger partial charge in [0.05, 0.1) is 32.0 Å². The predicted molar refractivity (Wildman–Crippen MR) is 150 cm³/mol. The Morgan fingerprint density at radius 1 is 1.00 bits per heavy atom. The molecule has 0 fully saturated rings. The van der Waals surface area contributed by atoms with E-state index in [1.165, 1.54) is 0 Å². The number of halogens is 2. The first kappa shape index (κ1) is 31.4. The second-order valence-corrected chi connectivity index (χ2v) is 9.26. The van der Waals surface area contributed by atoms with Crippen LogP contribution in [-0.4, -0.2) is 79.4 Å². The Labute approximate surface area is 237 Å². The monoisotopic (exact) mass is 568 g/mol. The number of aromatic hydroxyl groups is 1. The number of alkyl halides is 2. The molecule has 0 saturated heterocycles. The Balaban J connectivity index is 1.68. The molecule has 9 nitrogen and oxygen atoms in total. The van der Waals surface area contributed by atoms with Crippen LogP contribution in [0.4, 0.5) is 8.78 Å². The molecule has 41 heavy (non-hydrogen) atoms. The molecule has 218 valence electrons. The number of hydrogen-bond donors (Lipinski definition) is 3. The van der Waals surface area contributed by atoms with Gasteiger partial charge in [0.2, 0.25) is 11.7 Å². The lowest BCUT2D eigenvalue weighted by Crippen LogP contribution is -2.34. The Bertz CT molecular complexity index is 1360. The molecule has 1 amide bonds. The van der Waals surface area contributed by atoms with Gasteiger partial charge in [0.15, 0.2) is 0 Å². The SMILES string of the molecule is COCCN(CCOC)Cc1ccc(C#Cc2ccc(CC(C(=O)NCC(F)F)c3nc[nH]c(=O)c3O)cc2)cc1. The van der Waals surface area contributed by atoms with E-state index in [0.717, 1.165) is 42.7 Å². The van der Waals surface area contributed by atoms with Crippen molar-refractivity contribution in [2.75, 3.05) is 47.1 Å². The second-order valence-electron chi connectivity index (χ2n) is 9.26. The number of nitrogens with zero attached hydrogens (tertiary/aromatic N) is 2. The van der Waals surface area contributed by atoms with Gasteiger partial charge in [-0.25, -0.2) is 13.8 Å². The highest BCUT2D eigenvalue weighted by atomic mass is 19.3. The third kappa shape index (κ3) is 10.1. The number of ether oxygens (including phenoxy) is 2. The fourth-order valence-corrected chi connectivity index (χ4v) is 4.04. The third-order valence-electron chi connectivity index (χ3n) is 6.26. The minimum Gasteiger partial charge on any atom is -0.502 e. The Kier molecular flexibility index (Phi) is 12.4. The van der Waals surface area contributed by atoms with Crippen molar-refractivity contribution in [1.82, 2.24) is 20.2 Å². The summed E-state index contributed by atoms with van der Waals surface area (Å²) in [5, 5.41) is 12.3. The zero-order chi connectivity index (χ0) is 29.6. The van der Waals surface area contributed by atoms with Crippen molar-refractivity contribution in [3.8, 4) is 17.6 Å². The van der Waals surface area contributed by atoms with Crippen molar-refractivity contribution in [2.24, 2.45) is 0 Å². The average Bonchev–Trinajstić information content (AvgIpc) is 2.97. The smallest absolute Gasteiger partial charge is 0.293 e. The molecule has 0 aliphatic rings. The van der Waals surface area contributed by atoms with Crippen molar-refractivity contribution in [2.45, 2.75) is 25.3 Å². The van der Waals surface area contributed by atoms with E-state index in [1.54, 1.807) is 38.5 Å². The van der Waals surface area contributed by atoms with E-state index in [4.69, 9.17) is 9.47 Å². The van der Waals surface area contributed by atoms with Crippen molar-refractivity contribution in [3.05, 3.63) is 93.2 Å². The molecule has 1 atom stereocenters. The average molecular weight is 569 g/mol. The largest absolute Gasteiger partial charge is 0.502 e. The molecule has 3 aromatic rings. The first-order valence-electron chi connectivity index (χ1n) is 13.0. The van der Waals surface area contributed by atoms with Gasteiger partial charge in [-0.2, -0.15) is 0 Å². The molecule has 3 N–H and O–H groups in total. The zero-order valence-electron chi connectivity index (χ0n) is 23.0. The third-order valence-corrected chi connectivity index (χ3v) is 6.26. The van der Waals surface area contributed by atoms with Gasteiger partial charge in [0, 0.05) is 45.0 Å². The van der Waals surface area contributed by atoms with Crippen molar-refractivity contribution in [3.63, 3.8) is 0 Å². The van der Waals surface area contributed by atoms with Gasteiger partial charge in [0.1, 0.15) is 5.69 Å². The van der Waals surface area contributed by atoms with Crippen LogP contribution in [0.2, 0.25) is 0 Å². The molecule has 2 aromatic carbocycles. The first-order chi connectivity index (χ1) is 19.8. The Hall–Kier alpha value is -4.11. The summed E-state index contributed by atoms with van der Waals surface area (Å²) >= 11 is 0. The molecule has 0 bridgehead atoms. The molecule has 1 aromatic heterocycles. The molecule has 1 heterocycles. The van der Waals surface area contributed by atoms with Crippen LogP contribution in [0.15, 0.2) is 59.7 Å². The van der Waals surface area contributed by atoms with Crippen LogP contribution < -0.4 is 10.9 Å². The van der Waals surface area contributed by atoms with E-state index in [1.807, 2.05) is 24.3 Å². The lowest BCUT2D eigenvalue weighted by atomic mass is 9.94. The number of amides is 1. The summed E-state index contributed by atoms with van der Waals surface area (Å²) in [5.74, 6) is 3.60. The Morgan fingerprint density at radius 2 is 1.56 bits per heavy atom. The maximum absolute atomic E-state index is 12.7. The molecule has 11 heteroatoms. The second kappa shape index (κ2) is 16.2. The van der Waals surface area contributed by atoms with Crippen LogP contribution in [0.5, 0.6) is 5.75 Å². The molecular formula is C30H34F2N4O5. The standard InChI is InChI=1S/C30H34F2N4O5/c1-40-15-13-36(14-16-41-2)19-24-11-7-22(8-12-24)4-3-21-5-9-23(10-6-21)17-25(29(38)33-18-26(31)32)27-28(37)30(39)35-20-34-27/h5-12,20,25-26,37H,13-19H2,1-2H3,(H,33,38)(H,34,35,39). The number of nitrogens with one attached hydrogen (secondary N) is 2. The number of H-pyrrole nitrogens is 1. The van der Waals surface area contributed by atoms with Crippen LogP contribution in [-0.2, 0) is 27.2 Å². The molecule has 0 aliphatic carbocycles. The molecule has 0 spiro atoms. The number of methoxy groups -OCH3 is 2. The summed E-state index contributed by atoms with van der Waals surface area (Å²) in [6, 6.07) is 15.1. The van der Waals surface area contributed by atoms with Crippen LogP contribution >= 0.6 is 0 Å². The highest BCUT2D eigenvalue weighted by molar-refractivity contribution is 5.84. The molecular weight excluding hydrogens is 534 g/mol. The highest BCUT2D eigenvalue weighted by Crippen LogP contribution is 2.24. The minimum absolute atomic E-state index is 0.0278. The molecule has 3 rings (SSSR count). The maximum Gasteiger partial charge on any atom is 0.293 e. The van der Waals surface area contributed by atoms with E-state index in [9.17, 15) is 23.5 Å². The fraction of sp³-hybridized carbons (Fsp3) is 0.367. The molecule has 0 radical (unpaired) electrons. The summed E-state index contributed by atoms with van der Waals surface area (Å²) < 4.78 is 35.7. The van der Waals surface area contributed by atoms with E-state index in [2.05, 4.69) is 32.0 Å². The van der Waals surface area contributed by atoms with Crippen molar-refractivity contribution >= 4 is 5.91 Å². The predicted octanol–water partition coefficient (Wildman–Crippen LogP) is 2.68. The minimum atomic E-state index is -2.74. The summed E-state index contributed by atoms with van der Waals surface area (Å²) in [4.78, 5) is 32.9. The van der Waals surface area contributed by atoms with Crippen LogP contribution in [0.25, 0.3) is 0 Å². The van der Waals surface area contributed by atoms with Gasteiger partial charge in [-0.15, -0.1) is 0 Å². The van der Waals surface area contributed by atoms with E-state index in [0.29, 0.717) is 18.8 Å². The number of rotatable bonds is 14. The summed E-state index contributed by atoms with van der Waals surface area (Å²) in [5.41, 5.74) is 2.40. The lowest BCUT2D eigenvalue weighted by molar-refractivity contribution is -0.123. The zero-order valence-corrected chi connectivity index (χ0v) is 23.0. The number of carbonyl (C=O) groups excluding carboxylic acids is 1.